The van der Waals surface area contributed by atoms with Gasteiger partial charge in [-0.15, -0.1) is 10.2 Å². The zero-order valence-electron chi connectivity index (χ0n) is 12.1. The number of halogens is 1. The number of rotatable bonds is 1. The molecule has 7 heteroatoms. The number of fused-ring (bicyclic) bond motifs is 3. The van der Waals surface area contributed by atoms with Crippen LogP contribution in [0.3, 0.4) is 0 Å². The first-order valence-corrected chi connectivity index (χ1v) is 7.93. The van der Waals surface area contributed by atoms with E-state index in [1.54, 1.807) is 23.1 Å². The predicted octanol–water partition coefficient (Wildman–Crippen LogP) is 2.21. The highest BCUT2D eigenvalue weighted by Gasteiger charge is 2.18. The maximum atomic E-state index is 13.0. The second-order valence-corrected chi connectivity index (χ2v) is 6.08. The zero-order valence-corrected chi connectivity index (χ0v) is 12.8. The van der Waals surface area contributed by atoms with Gasteiger partial charge in [0.15, 0.2) is 0 Å². The lowest BCUT2D eigenvalue weighted by Crippen LogP contribution is -2.44. The van der Waals surface area contributed by atoms with Crippen LogP contribution in [-0.2, 0) is 0 Å². The van der Waals surface area contributed by atoms with Crippen LogP contribution in [0.5, 0.6) is 0 Å². The van der Waals surface area contributed by atoms with Crippen LogP contribution >= 0.6 is 11.6 Å². The molecule has 0 N–H and O–H groups in total. The quantitative estimate of drug-likeness (QED) is 0.690. The van der Waals surface area contributed by atoms with Gasteiger partial charge in [0.2, 0.25) is 0 Å². The minimum absolute atomic E-state index is 0.0834. The third-order valence-electron chi connectivity index (χ3n) is 4.23. The topological polar surface area (TPSA) is 55.4 Å². The number of hydrogen-bond acceptors (Lipinski definition) is 4. The highest BCUT2D eigenvalue weighted by molar-refractivity contribution is 6.31. The Kier molecular flexibility index (Phi) is 3.26. The van der Waals surface area contributed by atoms with Gasteiger partial charge < -0.3 is 5.01 Å². The van der Waals surface area contributed by atoms with Gasteiger partial charge in [-0.2, -0.15) is 4.68 Å². The van der Waals surface area contributed by atoms with E-state index in [0.29, 0.717) is 16.2 Å². The summed E-state index contributed by atoms with van der Waals surface area (Å²) >= 11 is 6.08. The smallest absolute Gasteiger partial charge is 0.281 e. The summed E-state index contributed by atoms with van der Waals surface area (Å²) in [6.07, 6.45) is 6.21. The van der Waals surface area contributed by atoms with Crippen molar-refractivity contribution in [3.05, 3.63) is 39.9 Å². The van der Waals surface area contributed by atoms with E-state index in [-0.39, 0.29) is 5.56 Å². The molecule has 0 amide bonds. The summed E-state index contributed by atoms with van der Waals surface area (Å²) in [6, 6.07) is 5.33. The average molecular weight is 318 g/mol. The summed E-state index contributed by atoms with van der Waals surface area (Å²) in [5, 5.41) is 11.4. The van der Waals surface area contributed by atoms with E-state index in [1.807, 2.05) is 10.5 Å². The Balaban J connectivity index is 2.04. The monoisotopic (exact) mass is 317 g/mol. The molecular formula is C15H16ClN5O. The van der Waals surface area contributed by atoms with Gasteiger partial charge in [-0.3, -0.25) is 9.20 Å². The van der Waals surface area contributed by atoms with Gasteiger partial charge in [-0.05, 0) is 31.0 Å². The van der Waals surface area contributed by atoms with Crippen molar-refractivity contribution < 1.29 is 0 Å². The first kappa shape index (κ1) is 13.6. The lowest BCUT2D eigenvalue weighted by atomic mass is 10.2. The molecule has 114 valence electrons. The molecular weight excluding hydrogens is 302 g/mol. The van der Waals surface area contributed by atoms with Gasteiger partial charge in [0.1, 0.15) is 6.33 Å². The minimum atomic E-state index is -0.0834. The van der Waals surface area contributed by atoms with E-state index in [4.69, 9.17) is 11.6 Å². The maximum Gasteiger partial charge on any atom is 0.281 e. The average Bonchev–Trinajstić information content (AvgIpc) is 2.83. The molecule has 0 atom stereocenters. The van der Waals surface area contributed by atoms with Crippen LogP contribution in [-0.4, -0.2) is 32.4 Å². The summed E-state index contributed by atoms with van der Waals surface area (Å²) < 4.78 is 3.51. The van der Waals surface area contributed by atoms with Crippen LogP contribution in [0.1, 0.15) is 25.7 Å². The molecule has 1 aliphatic heterocycles. The lowest BCUT2D eigenvalue weighted by molar-refractivity contribution is 0.581. The van der Waals surface area contributed by atoms with E-state index < -0.39 is 0 Å². The zero-order chi connectivity index (χ0) is 15.1. The molecule has 4 rings (SSSR count). The summed E-state index contributed by atoms with van der Waals surface area (Å²) in [7, 11) is 0. The standard InChI is InChI=1S/C15H16ClN5O/c16-11-5-6-13-12(9-11)14(22)21(15-18-17-10-20(13)15)19-7-3-1-2-4-8-19/h5-6,9-10H,1-4,7-8H2. The molecule has 0 bridgehead atoms. The van der Waals surface area contributed by atoms with Crippen molar-refractivity contribution in [3.8, 4) is 0 Å². The van der Waals surface area contributed by atoms with Crippen LogP contribution < -0.4 is 10.6 Å². The maximum absolute atomic E-state index is 13.0. The Morgan fingerprint density at radius 3 is 2.64 bits per heavy atom. The highest BCUT2D eigenvalue weighted by Crippen LogP contribution is 2.18. The van der Waals surface area contributed by atoms with Crippen LogP contribution in [0.25, 0.3) is 16.7 Å². The van der Waals surface area contributed by atoms with Crippen molar-refractivity contribution in [1.29, 1.82) is 0 Å². The summed E-state index contributed by atoms with van der Waals surface area (Å²) in [5.74, 6) is 0.557. The summed E-state index contributed by atoms with van der Waals surface area (Å²) in [6.45, 7) is 1.71. The van der Waals surface area contributed by atoms with E-state index >= 15 is 0 Å². The second-order valence-electron chi connectivity index (χ2n) is 5.65. The Hall–Kier alpha value is -2.08. The number of benzene rings is 1. The Morgan fingerprint density at radius 1 is 1.09 bits per heavy atom. The Labute approximate surface area is 131 Å². The van der Waals surface area contributed by atoms with Crippen molar-refractivity contribution in [2.45, 2.75) is 25.7 Å². The van der Waals surface area contributed by atoms with Gasteiger partial charge in [0, 0.05) is 18.1 Å². The third-order valence-corrected chi connectivity index (χ3v) is 4.46. The Morgan fingerprint density at radius 2 is 1.86 bits per heavy atom. The van der Waals surface area contributed by atoms with Crippen molar-refractivity contribution >= 4 is 28.3 Å². The third kappa shape index (κ3) is 2.06. The van der Waals surface area contributed by atoms with Crippen molar-refractivity contribution in [1.82, 2.24) is 19.3 Å². The molecule has 3 heterocycles. The van der Waals surface area contributed by atoms with E-state index in [2.05, 4.69) is 15.2 Å². The van der Waals surface area contributed by atoms with Gasteiger partial charge in [0.05, 0.1) is 10.9 Å². The molecule has 0 saturated carbocycles. The number of nitrogens with zero attached hydrogens (tertiary/aromatic N) is 5. The van der Waals surface area contributed by atoms with Crippen LogP contribution in [0.15, 0.2) is 29.3 Å². The summed E-state index contributed by atoms with van der Waals surface area (Å²) in [5.41, 5.74) is 0.695. The van der Waals surface area contributed by atoms with Gasteiger partial charge >= 0.3 is 0 Å². The fourth-order valence-electron chi connectivity index (χ4n) is 3.15. The second kappa shape index (κ2) is 5.28. The first-order chi connectivity index (χ1) is 10.8. The van der Waals surface area contributed by atoms with Crippen molar-refractivity contribution in [2.75, 3.05) is 18.1 Å². The molecule has 1 aromatic carbocycles. The van der Waals surface area contributed by atoms with E-state index in [9.17, 15) is 4.79 Å². The summed E-state index contributed by atoms with van der Waals surface area (Å²) in [4.78, 5) is 13.0. The molecule has 3 aromatic rings. The highest BCUT2D eigenvalue weighted by atomic mass is 35.5. The molecule has 0 unspecified atom stereocenters. The molecule has 1 aliphatic rings. The number of hydrogen-bond donors (Lipinski definition) is 0. The van der Waals surface area contributed by atoms with Crippen LogP contribution in [0.4, 0.5) is 0 Å². The molecule has 2 aromatic heterocycles. The van der Waals surface area contributed by atoms with Crippen molar-refractivity contribution in [2.24, 2.45) is 0 Å². The lowest BCUT2D eigenvalue weighted by Gasteiger charge is -2.25. The molecule has 1 saturated heterocycles. The Bertz CT molecular complexity index is 892. The van der Waals surface area contributed by atoms with Crippen molar-refractivity contribution in [3.63, 3.8) is 0 Å². The van der Waals surface area contributed by atoms with Gasteiger partial charge in [0.25, 0.3) is 11.3 Å². The van der Waals surface area contributed by atoms with E-state index in [1.165, 1.54) is 12.8 Å². The normalized spacial score (nSPS) is 16.3. The molecule has 0 radical (unpaired) electrons. The van der Waals surface area contributed by atoms with Crippen LogP contribution in [0.2, 0.25) is 5.02 Å². The van der Waals surface area contributed by atoms with Crippen LogP contribution in [0, 0.1) is 0 Å². The first-order valence-electron chi connectivity index (χ1n) is 7.55. The largest absolute Gasteiger partial charge is 0.307 e. The molecule has 1 fully saturated rings. The number of aromatic nitrogens is 4. The fraction of sp³-hybridized carbons (Fsp3) is 0.400. The van der Waals surface area contributed by atoms with Gasteiger partial charge in [-0.25, -0.2) is 0 Å². The molecule has 0 aliphatic carbocycles. The fourth-order valence-corrected chi connectivity index (χ4v) is 3.32. The van der Waals surface area contributed by atoms with Gasteiger partial charge in [-0.1, -0.05) is 24.4 Å². The van der Waals surface area contributed by atoms with E-state index in [0.717, 1.165) is 31.4 Å². The SMILES string of the molecule is O=c1c2cc(Cl)ccc2n2cnnc2n1N1CCCCCC1. The minimum Gasteiger partial charge on any atom is -0.307 e. The predicted molar refractivity (Wildman–Crippen MR) is 86.2 cm³/mol. The molecule has 6 nitrogen and oxygen atoms in total. The molecule has 0 spiro atoms. The molecule has 22 heavy (non-hydrogen) atoms.